The Morgan fingerprint density at radius 2 is 1.75 bits per heavy atom. The number of benzene rings is 2. The number of amides is 1. The smallest absolute Gasteiger partial charge is 0.326 e. The predicted octanol–water partition coefficient (Wildman–Crippen LogP) is 3.98. The molecule has 0 aliphatic carbocycles. The molecule has 1 N–H and O–H groups in total. The number of carbonyl (C=O) groups is 1. The molecular formula is C17H16F3NO2S. The highest BCUT2D eigenvalue weighted by atomic mass is 32.2. The second-order valence-electron chi connectivity index (χ2n) is 5.15. The van der Waals surface area contributed by atoms with E-state index < -0.39 is 22.5 Å². The summed E-state index contributed by atoms with van der Waals surface area (Å²) in [5, 5.41) is 2.67. The zero-order valence-electron chi connectivity index (χ0n) is 12.7. The van der Waals surface area contributed by atoms with Crippen molar-refractivity contribution in [1.29, 1.82) is 0 Å². The van der Waals surface area contributed by atoms with Gasteiger partial charge in [-0.25, -0.2) is 0 Å². The molecule has 0 aliphatic heterocycles. The first-order valence-corrected chi connectivity index (χ1v) is 8.69. The van der Waals surface area contributed by atoms with E-state index in [-0.39, 0.29) is 23.8 Å². The number of hydrogen-bond donors (Lipinski definition) is 1. The molecule has 0 bridgehead atoms. The predicted molar refractivity (Wildman–Crippen MR) is 87.8 cm³/mol. The minimum atomic E-state index is -4.42. The molecule has 0 radical (unpaired) electrons. The van der Waals surface area contributed by atoms with E-state index in [0.29, 0.717) is 11.3 Å². The Morgan fingerprint density at radius 3 is 2.42 bits per heavy atom. The van der Waals surface area contributed by atoms with Crippen LogP contribution < -0.4 is 5.32 Å². The van der Waals surface area contributed by atoms with Gasteiger partial charge in [0.25, 0.3) is 0 Å². The van der Waals surface area contributed by atoms with E-state index in [0.717, 1.165) is 12.1 Å². The second-order valence-corrected chi connectivity index (χ2v) is 6.73. The summed E-state index contributed by atoms with van der Waals surface area (Å²) in [7, 11) is -1.41. The first-order valence-electron chi connectivity index (χ1n) is 7.20. The summed E-state index contributed by atoms with van der Waals surface area (Å²) in [6.45, 7) is 0. The summed E-state index contributed by atoms with van der Waals surface area (Å²) < 4.78 is 49.9. The summed E-state index contributed by atoms with van der Waals surface area (Å²) in [5.74, 6) is -0.198. The number of alkyl halides is 3. The highest BCUT2D eigenvalue weighted by molar-refractivity contribution is 7.84. The Balaban J connectivity index is 1.84. The molecule has 0 saturated heterocycles. The largest absolute Gasteiger partial charge is 0.416 e. The lowest BCUT2D eigenvalue weighted by molar-refractivity contribution is -0.137. The van der Waals surface area contributed by atoms with Gasteiger partial charge in [0, 0.05) is 34.4 Å². The molecule has 0 spiro atoms. The Hall–Kier alpha value is -2.15. The molecule has 2 aromatic rings. The minimum Gasteiger partial charge on any atom is -0.326 e. The van der Waals surface area contributed by atoms with E-state index >= 15 is 0 Å². The van der Waals surface area contributed by atoms with Crippen molar-refractivity contribution in [3.8, 4) is 0 Å². The van der Waals surface area contributed by atoms with Gasteiger partial charge in [-0.1, -0.05) is 36.4 Å². The van der Waals surface area contributed by atoms with Crippen LogP contribution in [-0.2, 0) is 27.5 Å². The van der Waals surface area contributed by atoms with Crippen LogP contribution in [0.5, 0.6) is 0 Å². The maximum Gasteiger partial charge on any atom is 0.416 e. The van der Waals surface area contributed by atoms with Crippen molar-refractivity contribution in [3.05, 3.63) is 65.7 Å². The van der Waals surface area contributed by atoms with Crippen LogP contribution in [0.15, 0.2) is 54.6 Å². The van der Waals surface area contributed by atoms with Crippen molar-refractivity contribution >= 4 is 22.4 Å². The summed E-state index contributed by atoms with van der Waals surface area (Å²) in [5.41, 5.74) is 0.219. The van der Waals surface area contributed by atoms with Crippen molar-refractivity contribution < 1.29 is 22.2 Å². The quantitative estimate of drug-likeness (QED) is 0.852. The molecule has 1 atom stereocenters. The fraction of sp³-hybridized carbons (Fsp3) is 0.235. The van der Waals surface area contributed by atoms with Crippen molar-refractivity contribution in [2.24, 2.45) is 0 Å². The standard InChI is InChI=1S/C17H16F3NO2S/c18-17(19,20)14-6-4-5-13(11-14)12-24(23)10-9-16(22)21-15-7-2-1-3-8-15/h1-8,11H,9-10,12H2,(H,21,22)/t24-/m0/s1. The van der Waals surface area contributed by atoms with Crippen LogP contribution in [-0.4, -0.2) is 15.9 Å². The van der Waals surface area contributed by atoms with Gasteiger partial charge in [-0.3, -0.25) is 9.00 Å². The Labute approximate surface area is 140 Å². The third-order valence-corrected chi connectivity index (χ3v) is 4.51. The topological polar surface area (TPSA) is 46.2 Å². The first kappa shape index (κ1) is 18.2. The Morgan fingerprint density at radius 1 is 1.04 bits per heavy atom. The molecule has 128 valence electrons. The van der Waals surface area contributed by atoms with E-state index in [9.17, 15) is 22.2 Å². The molecule has 0 aromatic heterocycles. The molecule has 1 amide bonds. The van der Waals surface area contributed by atoms with Gasteiger partial charge >= 0.3 is 6.18 Å². The first-order chi connectivity index (χ1) is 11.3. The zero-order valence-corrected chi connectivity index (χ0v) is 13.5. The van der Waals surface area contributed by atoms with Crippen LogP contribution in [0.3, 0.4) is 0 Å². The Bertz CT molecular complexity index is 717. The molecule has 7 heteroatoms. The molecule has 0 unspecified atom stereocenters. The van der Waals surface area contributed by atoms with Gasteiger partial charge < -0.3 is 5.32 Å². The molecule has 2 aromatic carbocycles. The molecule has 2 rings (SSSR count). The SMILES string of the molecule is O=C(CC[S@](=O)Cc1cccc(C(F)(F)F)c1)Nc1ccccc1. The van der Waals surface area contributed by atoms with Crippen LogP contribution >= 0.6 is 0 Å². The van der Waals surface area contributed by atoms with Gasteiger partial charge in [-0.2, -0.15) is 13.2 Å². The highest BCUT2D eigenvalue weighted by Gasteiger charge is 2.30. The summed E-state index contributed by atoms with van der Waals surface area (Å²) in [6.07, 6.45) is -4.38. The maximum absolute atomic E-state index is 12.6. The van der Waals surface area contributed by atoms with Crippen LogP contribution in [0.2, 0.25) is 0 Å². The lowest BCUT2D eigenvalue weighted by Crippen LogP contribution is -2.15. The van der Waals surface area contributed by atoms with Gasteiger partial charge in [-0.05, 0) is 23.8 Å². The van der Waals surface area contributed by atoms with E-state index in [1.165, 1.54) is 12.1 Å². The van der Waals surface area contributed by atoms with Crippen molar-refractivity contribution in [2.45, 2.75) is 18.3 Å². The fourth-order valence-electron chi connectivity index (χ4n) is 2.05. The average Bonchev–Trinajstić information content (AvgIpc) is 2.53. The summed E-state index contributed by atoms with van der Waals surface area (Å²) in [4.78, 5) is 11.8. The van der Waals surface area contributed by atoms with Gasteiger partial charge in [0.15, 0.2) is 0 Å². The lowest BCUT2D eigenvalue weighted by atomic mass is 10.1. The third kappa shape index (κ3) is 5.81. The third-order valence-electron chi connectivity index (χ3n) is 3.20. The van der Waals surface area contributed by atoms with Crippen LogP contribution in [0.1, 0.15) is 17.5 Å². The average molecular weight is 355 g/mol. The second kappa shape index (κ2) is 8.10. The summed E-state index contributed by atoms with van der Waals surface area (Å²) >= 11 is 0. The van der Waals surface area contributed by atoms with Crippen LogP contribution in [0, 0.1) is 0 Å². The summed E-state index contributed by atoms with van der Waals surface area (Å²) in [6, 6.07) is 13.6. The number of anilines is 1. The number of halogens is 3. The van der Waals surface area contributed by atoms with Crippen LogP contribution in [0.25, 0.3) is 0 Å². The van der Waals surface area contributed by atoms with Gasteiger partial charge in [0.05, 0.1) is 5.56 Å². The van der Waals surface area contributed by atoms with Crippen molar-refractivity contribution in [3.63, 3.8) is 0 Å². The molecule has 0 aliphatic rings. The number of para-hydroxylation sites is 1. The van der Waals surface area contributed by atoms with Gasteiger partial charge in [-0.15, -0.1) is 0 Å². The number of rotatable bonds is 6. The van der Waals surface area contributed by atoms with E-state index in [1.807, 2.05) is 6.07 Å². The molecule has 0 saturated carbocycles. The molecule has 0 fully saturated rings. The molecule has 0 heterocycles. The number of nitrogens with one attached hydrogen (secondary N) is 1. The van der Waals surface area contributed by atoms with Crippen molar-refractivity contribution in [2.75, 3.05) is 11.1 Å². The fourth-order valence-corrected chi connectivity index (χ4v) is 3.16. The van der Waals surface area contributed by atoms with E-state index in [4.69, 9.17) is 0 Å². The zero-order chi connectivity index (χ0) is 17.6. The van der Waals surface area contributed by atoms with E-state index in [2.05, 4.69) is 5.32 Å². The van der Waals surface area contributed by atoms with E-state index in [1.54, 1.807) is 24.3 Å². The van der Waals surface area contributed by atoms with Gasteiger partial charge in [0.2, 0.25) is 5.91 Å². The molecular weight excluding hydrogens is 339 g/mol. The normalized spacial score (nSPS) is 12.6. The molecule has 3 nitrogen and oxygen atoms in total. The monoisotopic (exact) mass is 355 g/mol. The van der Waals surface area contributed by atoms with Crippen molar-refractivity contribution in [1.82, 2.24) is 0 Å². The van der Waals surface area contributed by atoms with Crippen LogP contribution in [0.4, 0.5) is 18.9 Å². The minimum absolute atomic E-state index is 0.0114. The highest BCUT2D eigenvalue weighted by Crippen LogP contribution is 2.29. The molecule has 24 heavy (non-hydrogen) atoms. The Kier molecular flexibility index (Phi) is 6.14. The number of hydrogen-bond acceptors (Lipinski definition) is 2. The van der Waals surface area contributed by atoms with Gasteiger partial charge in [0.1, 0.15) is 0 Å². The lowest BCUT2D eigenvalue weighted by Gasteiger charge is -2.09. The maximum atomic E-state index is 12.6. The number of carbonyl (C=O) groups excluding carboxylic acids is 1.